The third-order valence-corrected chi connectivity index (χ3v) is 2.92. The van der Waals surface area contributed by atoms with Crippen molar-refractivity contribution in [3.05, 3.63) is 27.6 Å². The molecule has 0 spiro atoms. The number of rotatable bonds is 2. The van der Waals surface area contributed by atoms with Crippen molar-refractivity contribution in [2.24, 2.45) is 0 Å². The number of morpholine rings is 1. The molecule has 6 heteroatoms. The standard InChI is InChI=1S/C11H14ClN3O2/c1-2-3-15-11(16)10(12)9(8-13-15)14-4-6-17-7-5-14/h2-3,8H,4-7H2,1H3. The van der Waals surface area contributed by atoms with Gasteiger partial charge in [-0.15, -0.1) is 0 Å². The van der Waals surface area contributed by atoms with Crippen molar-refractivity contribution >= 4 is 23.5 Å². The summed E-state index contributed by atoms with van der Waals surface area (Å²) >= 11 is 6.08. The Balaban J connectivity index is 2.36. The molecule has 17 heavy (non-hydrogen) atoms. The van der Waals surface area contributed by atoms with Gasteiger partial charge >= 0.3 is 0 Å². The van der Waals surface area contributed by atoms with Gasteiger partial charge in [-0.25, -0.2) is 4.68 Å². The zero-order valence-electron chi connectivity index (χ0n) is 9.60. The van der Waals surface area contributed by atoms with Crippen LogP contribution in [0.1, 0.15) is 6.92 Å². The largest absolute Gasteiger partial charge is 0.378 e. The van der Waals surface area contributed by atoms with Gasteiger partial charge < -0.3 is 9.64 Å². The molecular formula is C11H14ClN3O2. The Hall–Kier alpha value is -1.33. The third kappa shape index (κ3) is 2.50. The molecule has 0 saturated carbocycles. The van der Waals surface area contributed by atoms with Crippen molar-refractivity contribution in [3.63, 3.8) is 0 Å². The first-order chi connectivity index (χ1) is 8.24. The van der Waals surface area contributed by atoms with Crippen LogP contribution in [-0.2, 0) is 4.74 Å². The number of allylic oxidation sites excluding steroid dienone is 1. The minimum atomic E-state index is -0.297. The Bertz CT molecular complexity index is 478. The first-order valence-corrected chi connectivity index (χ1v) is 5.84. The van der Waals surface area contributed by atoms with Gasteiger partial charge in [0.2, 0.25) is 0 Å². The molecule has 0 unspecified atom stereocenters. The van der Waals surface area contributed by atoms with Crippen molar-refractivity contribution in [2.45, 2.75) is 6.92 Å². The highest BCUT2D eigenvalue weighted by atomic mass is 35.5. The van der Waals surface area contributed by atoms with Crippen LogP contribution in [-0.4, -0.2) is 36.1 Å². The summed E-state index contributed by atoms with van der Waals surface area (Å²) in [4.78, 5) is 13.9. The predicted octanol–water partition coefficient (Wildman–Crippen LogP) is 1.22. The number of aromatic nitrogens is 2. The van der Waals surface area contributed by atoms with Crippen LogP contribution >= 0.6 is 11.6 Å². The highest BCUT2D eigenvalue weighted by molar-refractivity contribution is 6.33. The third-order valence-electron chi connectivity index (χ3n) is 2.57. The molecule has 0 N–H and O–H groups in total. The Morgan fingerprint density at radius 3 is 2.82 bits per heavy atom. The van der Waals surface area contributed by atoms with Gasteiger partial charge in [-0.3, -0.25) is 4.79 Å². The molecule has 1 aromatic heterocycles. The van der Waals surface area contributed by atoms with Crippen LogP contribution in [0.15, 0.2) is 17.1 Å². The summed E-state index contributed by atoms with van der Waals surface area (Å²) in [6, 6.07) is 0. The lowest BCUT2D eigenvalue weighted by Gasteiger charge is -2.28. The summed E-state index contributed by atoms with van der Waals surface area (Å²) in [5, 5.41) is 4.26. The van der Waals surface area contributed by atoms with Crippen LogP contribution in [0, 0.1) is 0 Å². The summed E-state index contributed by atoms with van der Waals surface area (Å²) in [6.07, 6.45) is 4.94. The van der Waals surface area contributed by atoms with E-state index < -0.39 is 0 Å². The average molecular weight is 256 g/mol. The lowest BCUT2D eigenvalue weighted by molar-refractivity contribution is 0.122. The van der Waals surface area contributed by atoms with Crippen molar-refractivity contribution in [1.82, 2.24) is 9.78 Å². The normalized spacial score (nSPS) is 16.7. The topological polar surface area (TPSA) is 47.4 Å². The second-order valence-electron chi connectivity index (χ2n) is 3.68. The maximum Gasteiger partial charge on any atom is 0.291 e. The molecule has 0 radical (unpaired) electrons. The molecule has 92 valence electrons. The Morgan fingerprint density at radius 2 is 2.18 bits per heavy atom. The van der Waals surface area contributed by atoms with Crippen LogP contribution < -0.4 is 10.5 Å². The van der Waals surface area contributed by atoms with Crippen LogP contribution in [0.3, 0.4) is 0 Å². The average Bonchev–Trinajstić information content (AvgIpc) is 2.36. The number of ether oxygens (including phenoxy) is 1. The van der Waals surface area contributed by atoms with E-state index in [2.05, 4.69) is 5.10 Å². The smallest absolute Gasteiger partial charge is 0.291 e. The zero-order chi connectivity index (χ0) is 12.3. The first-order valence-electron chi connectivity index (χ1n) is 5.47. The molecule has 1 fully saturated rings. The Morgan fingerprint density at radius 1 is 1.47 bits per heavy atom. The van der Waals surface area contributed by atoms with E-state index in [-0.39, 0.29) is 10.6 Å². The molecule has 1 aromatic rings. The van der Waals surface area contributed by atoms with Crippen molar-refractivity contribution in [2.75, 3.05) is 31.2 Å². The molecule has 1 saturated heterocycles. The summed E-state index contributed by atoms with van der Waals surface area (Å²) < 4.78 is 6.48. The minimum absolute atomic E-state index is 0.208. The van der Waals surface area contributed by atoms with Crippen LogP contribution in [0.2, 0.25) is 5.02 Å². The lowest BCUT2D eigenvalue weighted by atomic mass is 10.3. The number of hydrogen-bond donors (Lipinski definition) is 0. The molecule has 2 rings (SSSR count). The van der Waals surface area contributed by atoms with Crippen LogP contribution in [0.25, 0.3) is 6.20 Å². The maximum absolute atomic E-state index is 11.9. The van der Waals surface area contributed by atoms with E-state index >= 15 is 0 Å². The highest BCUT2D eigenvalue weighted by Gasteiger charge is 2.17. The highest BCUT2D eigenvalue weighted by Crippen LogP contribution is 2.21. The van der Waals surface area contributed by atoms with Gasteiger partial charge in [0.25, 0.3) is 5.56 Å². The zero-order valence-corrected chi connectivity index (χ0v) is 10.4. The van der Waals surface area contributed by atoms with E-state index in [0.717, 1.165) is 13.1 Å². The molecule has 2 heterocycles. The number of hydrogen-bond acceptors (Lipinski definition) is 4. The summed E-state index contributed by atoms with van der Waals surface area (Å²) in [7, 11) is 0. The van der Waals surface area contributed by atoms with Gasteiger partial charge in [0.05, 0.1) is 25.1 Å². The van der Waals surface area contributed by atoms with E-state index in [1.165, 1.54) is 4.68 Å². The molecule has 0 bridgehead atoms. The quantitative estimate of drug-likeness (QED) is 0.797. The maximum atomic E-state index is 11.9. The Kier molecular flexibility index (Phi) is 3.81. The van der Waals surface area contributed by atoms with Crippen molar-refractivity contribution in [1.29, 1.82) is 0 Å². The van der Waals surface area contributed by atoms with Gasteiger partial charge in [-0.2, -0.15) is 5.10 Å². The monoisotopic (exact) mass is 255 g/mol. The van der Waals surface area contributed by atoms with Gasteiger partial charge in [-0.05, 0) is 6.92 Å². The molecule has 1 aliphatic rings. The van der Waals surface area contributed by atoms with E-state index in [1.54, 1.807) is 18.5 Å². The molecule has 0 aromatic carbocycles. The molecule has 0 aliphatic carbocycles. The summed E-state index contributed by atoms with van der Waals surface area (Å²) in [5.41, 5.74) is 0.384. The number of nitrogens with zero attached hydrogens (tertiary/aromatic N) is 3. The second-order valence-corrected chi connectivity index (χ2v) is 4.05. The first kappa shape index (κ1) is 12.1. The van der Waals surface area contributed by atoms with E-state index in [4.69, 9.17) is 16.3 Å². The molecular weight excluding hydrogens is 242 g/mol. The Labute approximate surface area is 104 Å². The van der Waals surface area contributed by atoms with Crippen molar-refractivity contribution in [3.8, 4) is 0 Å². The molecule has 0 amide bonds. The van der Waals surface area contributed by atoms with Crippen molar-refractivity contribution < 1.29 is 4.74 Å². The van der Waals surface area contributed by atoms with Gasteiger partial charge in [-0.1, -0.05) is 17.7 Å². The number of anilines is 1. The predicted molar refractivity (Wildman–Crippen MR) is 67.5 cm³/mol. The minimum Gasteiger partial charge on any atom is -0.378 e. The van der Waals surface area contributed by atoms with Crippen LogP contribution in [0.4, 0.5) is 5.69 Å². The fraction of sp³-hybridized carbons (Fsp3) is 0.455. The summed E-state index contributed by atoms with van der Waals surface area (Å²) in [6.45, 7) is 4.57. The van der Waals surface area contributed by atoms with E-state index in [0.29, 0.717) is 18.9 Å². The van der Waals surface area contributed by atoms with E-state index in [9.17, 15) is 4.79 Å². The molecule has 0 atom stereocenters. The molecule has 1 aliphatic heterocycles. The van der Waals surface area contributed by atoms with E-state index in [1.807, 2.05) is 11.8 Å². The van der Waals surface area contributed by atoms with Gasteiger partial charge in [0.15, 0.2) is 0 Å². The lowest BCUT2D eigenvalue weighted by Crippen LogP contribution is -2.37. The fourth-order valence-corrected chi connectivity index (χ4v) is 1.96. The molecule has 5 nitrogen and oxygen atoms in total. The van der Waals surface area contributed by atoms with Crippen LogP contribution in [0.5, 0.6) is 0 Å². The second kappa shape index (κ2) is 5.33. The SMILES string of the molecule is CC=Cn1ncc(N2CCOCC2)c(Cl)c1=O. The van der Waals surface area contributed by atoms with Gasteiger partial charge in [0.1, 0.15) is 5.02 Å². The number of halogens is 1. The van der Waals surface area contributed by atoms with Gasteiger partial charge in [0, 0.05) is 19.3 Å². The fourth-order valence-electron chi connectivity index (χ4n) is 1.71. The summed E-state index contributed by atoms with van der Waals surface area (Å²) in [5.74, 6) is 0.